The second kappa shape index (κ2) is 8.79. The van der Waals surface area contributed by atoms with Gasteiger partial charge in [-0.15, -0.1) is 5.06 Å². The molecule has 0 aromatic heterocycles. The quantitative estimate of drug-likeness (QED) is 0.636. The van der Waals surface area contributed by atoms with Gasteiger partial charge in [0.05, 0.1) is 30.9 Å². The maximum atomic E-state index is 11.9. The lowest BCUT2D eigenvalue weighted by atomic mass is 9.66. The SMILES string of the molecule is CCC1(CO[C@@H](C)O)COC2(CC(C)(CC)N(OC(C)=O)C(C)(CC)C2C)OC1. The molecule has 2 heterocycles. The van der Waals surface area contributed by atoms with Gasteiger partial charge in [0.1, 0.15) is 0 Å². The number of carbonyl (C=O) groups excluding carboxylic acids is 1. The highest BCUT2D eigenvalue weighted by Crippen LogP contribution is 2.54. The molecule has 29 heavy (non-hydrogen) atoms. The average molecular weight is 416 g/mol. The maximum Gasteiger partial charge on any atom is 0.322 e. The van der Waals surface area contributed by atoms with Gasteiger partial charge in [-0.3, -0.25) is 4.79 Å². The number of piperidine rings is 1. The molecule has 2 aliphatic rings. The molecule has 3 unspecified atom stereocenters. The summed E-state index contributed by atoms with van der Waals surface area (Å²) in [6, 6.07) is 0. The number of nitrogens with zero attached hydrogens (tertiary/aromatic N) is 1. The first-order valence-corrected chi connectivity index (χ1v) is 11.0. The van der Waals surface area contributed by atoms with Crippen LogP contribution < -0.4 is 0 Å². The normalized spacial score (nSPS) is 42.0. The summed E-state index contributed by atoms with van der Waals surface area (Å²) in [4.78, 5) is 17.7. The van der Waals surface area contributed by atoms with E-state index in [4.69, 9.17) is 19.0 Å². The van der Waals surface area contributed by atoms with E-state index in [1.807, 2.05) is 5.06 Å². The van der Waals surface area contributed by atoms with Crippen LogP contribution >= 0.6 is 0 Å². The van der Waals surface area contributed by atoms with Crippen LogP contribution in [-0.4, -0.2) is 59.1 Å². The number of hydrogen-bond acceptors (Lipinski definition) is 7. The molecule has 170 valence electrons. The third-order valence-corrected chi connectivity index (χ3v) is 7.50. The van der Waals surface area contributed by atoms with Crippen LogP contribution in [0.5, 0.6) is 0 Å². The topological polar surface area (TPSA) is 77.5 Å². The van der Waals surface area contributed by atoms with Gasteiger partial charge in [-0.1, -0.05) is 27.7 Å². The lowest BCUT2D eigenvalue weighted by Gasteiger charge is -2.63. The molecule has 0 aromatic rings. The number of carbonyl (C=O) groups is 1. The fourth-order valence-corrected chi connectivity index (χ4v) is 4.76. The van der Waals surface area contributed by atoms with Crippen LogP contribution in [0.1, 0.15) is 81.1 Å². The molecule has 4 atom stereocenters. The third kappa shape index (κ3) is 4.49. The number of aliphatic hydroxyl groups excluding tert-OH is 1. The predicted octanol–water partition coefficient (Wildman–Crippen LogP) is 3.64. The summed E-state index contributed by atoms with van der Waals surface area (Å²) in [6.07, 6.45) is 2.21. The van der Waals surface area contributed by atoms with E-state index in [1.54, 1.807) is 6.92 Å². The number of hydroxylamine groups is 2. The molecule has 0 radical (unpaired) electrons. The predicted molar refractivity (Wildman–Crippen MR) is 110 cm³/mol. The summed E-state index contributed by atoms with van der Waals surface area (Å²) < 4.78 is 18.6. The summed E-state index contributed by atoms with van der Waals surface area (Å²) in [6.45, 7) is 17.1. The van der Waals surface area contributed by atoms with Crippen molar-refractivity contribution in [3.63, 3.8) is 0 Å². The summed E-state index contributed by atoms with van der Waals surface area (Å²) in [5.41, 5.74) is -1.12. The zero-order valence-corrected chi connectivity index (χ0v) is 19.5. The largest absolute Gasteiger partial charge is 0.368 e. The Morgan fingerprint density at radius 2 is 1.76 bits per heavy atom. The molecule has 0 amide bonds. The highest BCUT2D eigenvalue weighted by Gasteiger charge is 2.64. The molecule has 0 aliphatic carbocycles. The van der Waals surface area contributed by atoms with Gasteiger partial charge in [0.25, 0.3) is 0 Å². The van der Waals surface area contributed by atoms with Crippen molar-refractivity contribution in [2.75, 3.05) is 19.8 Å². The first kappa shape index (κ1) is 24.5. The molecule has 7 heteroatoms. The lowest BCUT2D eigenvalue weighted by molar-refractivity contribution is -0.404. The average Bonchev–Trinajstić information content (AvgIpc) is 2.69. The van der Waals surface area contributed by atoms with Gasteiger partial charge < -0.3 is 24.2 Å². The van der Waals surface area contributed by atoms with Crippen molar-refractivity contribution >= 4 is 5.97 Å². The fraction of sp³-hybridized carbons (Fsp3) is 0.955. The minimum absolute atomic E-state index is 0.0217. The second-order valence-electron chi connectivity index (χ2n) is 9.49. The number of ether oxygens (including phenoxy) is 3. The summed E-state index contributed by atoms with van der Waals surface area (Å²) in [7, 11) is 0. The van der Waals surface area contributed by atoms with E-state index in [1.165, 1.54) is 6.92 Å². The van der Waals surface area contributed by atoms with E-state index < -0.39 is 23.2 Å². The van der Waals surface area contributed by atoms with Crippen LogP contribution in [0.3, 0.4) is 0 Å². The molecule has 1 spiro atoms. The Labute approximate surface area is 176 Å². The molecule has 0 saturated carbocycles. The van der Waals surface area contributed by atoms with Crippen LogP contribution in [-0.2, 0) is 23.8 Å². The molecule has 2 aliphatic heterocycles. The smallest absolute Gasteiger partial charge is 0.322 e. The van der Waals surface area contributed by atoms with Crippen molar-refractivity contribution in [2.24, 2.45) is 11.3 Å². The van der Waals surface area contributed by atoms with Crippen LogP contribution in [0.2, 0.25) is 0 Å². The molecule has 2 fully saturated rings. The van der Waals surface area contributed by atoms with Gasteiger partial charge in [0.15, 0.2) is 12.1 Å². The Morgan fingerprint density at radius 1 is 1.17 bits per heavy atom. The van der Waals surface area contributed by atoms with Crippen molar-refractivity contribution in [3.05, 3.63) is 0 Å². The Bertz CT molecular complexity index is 574. The second-order valence-corrected chi connectivity index (χ2v) is 9.49. The molecule has 2 saturated heterocycles. The lowest BCUT2D eigenvalue weighted by Crippen LogP contribution is -2.74. The van der Waals surface area contributed by atoms with Gasteiger partial charge in [0.2, 0.25) is 0 Å². The molecule has 0 bridgehead atoms. The molecule has 0 aromatic carbocycles. The minimum atomic E-state index is -0.813. The summed E-state index contributed by atoms with van der Waals surface area (Å²) >= 11 is 0. The Balaban J connectivity index is 2.33. The zero-order chi connectivity index (χ0) is 22.1. The minimum Gasteiger partial charge on any atom is -0.368 e. The van der Waals surface area contributed by atoms with E-state index in [0.717, 1.165) is 19.3 Å². The van der Waals surface area contributed by atoms with Crippen molar-refractivity contribution in [1.29, 1.82) is 0 Å². The third-order valence-electron chi connectivity index (χ3n) is 7.50. The van der Waals surface area contributed by atoms with Crippen LogP contribution in [0.4, 0.5) is 0 Å². The highest BCUT2D eigenvalue weighted by atomic mass is 16.7. The van der Waals surface area contributed by atoms with Gasteiger partial charge in [0, 0.05) is 24.7 Å². The van der Waals surface area contributed by atoms with Gasteiger partial charge in [-0.25, -0.2) is 0 Å². The van der Waals surface area contributed by atoms with E-state index in [-0.39, 0.29) is 17.3 Å². The number of rotatable bonds is 7. The van der Waals surface area contributed by atoms with Crippen molar-refractivity contribution in [1.82, 2.24) is 5.06 Å². The van der Waals surface area contributed by atoms with Gasteiger partial charge in [-0.2, -0.15) is 0 Å². The molecule has 1 N–H and O–H groups in total. The summed E-state index contributed by atoms with van der Waals surface area (Å²) in [5.74, 6) is -1.08. The van der Waals surface area contributed by atoms with Crippen molar-refractivity contribution < 1.29 is 28.9 Å². The van der Waals surface area contributed by atoms with E-state index in [0.29, 0.717) is 26.2 Å². The molecule has 7 nitrogen and oxygen atoms in total. The molecule has 2 rings (SSSR count). The summed E-state index contributed by atoms with van der Waals surface area (Å²) in [5, 5.41) is 11.4. The van der Waals surface area contributed by atoms with E-state index >= 15 is 0 Å². The Hall–Kier alpha value is -0.730. The van der Waals surface area contributed by atoms with Gasteiger partial charge in [-0.05, 0) is 40.0 Å². The van der Waals surface area contributed by atoms with Crippen LogP contribution in [0.15, 0.2) is 0 Å². The monoisotopic (exact) mass is 415 g/mol. The fourth-order valence-electron chi connectivity index (χ4n) is 4.76. The van der Waals surface area contributed by atoms with E-state index in [9.17, 15) is 9.90 Å². The Morgan fingerprint density at radius 3 is 2.17 bits per heavy atom. The van der Waals surface area contributed by atoms with Crippen LogP contribution in [0, 0.1) is 11.3 Å². The highest BCUT2D eigenvalue weighted by molar-refractivity contribution is 5.65. The number of hydrogen-bond donors (Lipinski definition) is 1. The van der Waals surface area contributed by atoms with Crippen LogP contribution in [0.25, 0.3) is 0 Å². The zero-order valence-electron chi connectivity index (χ0n) is 19.5. The standard InChI is InChI=1S/C22H41NO6/c1-9-19(7)12-22(16(4)20(8,10-2)23(19)29-18(6)25)27-14-21(11-3,15-28-22)13-26-17(5)24/h16-17,24H,9-15H2,1-8H3/t16?,17-,19?,20?,21?,22?/m0/s1. The van der Waals surface area contributed by atoms with Crippen molar-refractivity contribution in [2.45, 2.75) is 104 Å². The number of aliphatic hydroxyl groups is 1. The maximum absolute atomic E-state index is 11.9. The first-order chi connectivity index (χ1) is 13.4. The molecular weight excluding hydrogens is 374 g/mol. The van der Waals surface area contributed by atoms with Crippen molar-refractivity contribution in [3.8, 4) is 0 Å². The first-order valence-electron chi connectivity index (χ1n) is 11.0. The Kier molecular flexibility index (Phi) is 7.44. The van der Waals surface area contributed by atoms with Gasteiger partial charge >= 0.3 is 5.97 Å². The van der Waals surface area contributed by atoms with E-state index in [2.05, 4.69) is 41.5 Å². The molecular formula is C22H41NO6.